The van der Waals surface area contributed by atoms with Crippen molar-refractivity contribution < 1.29 is 35.9 Å². The average molecular weight is 599 g/mol. The molecule has 16 heteroatoms. The molecule has 4 heterocycles. The first-order chi connectivity index (χ1) is 18.6. The molecule has 0 aliphatic heterocycles. The Balaban J connectivity index is 1.70. The molecule has 0 spiro atoms. The van der Waals surface area contributed by atoms with Gasteiger partial charge in [-0.25, -0.2) is 18.9 Å². The van der Waals surface area contributed by atoms with Gasteiger partial charge in [-0.05, 0) is 53.9 Å². The summed E-state index contributed by atoms with van der Waals surface area (Å²) in [6.07, 6.45) is -4.88. The molecule has 0 unspecified atom stereocenters. The van der Waals surface area contributed by atoms with Crippen LogP contribution in [0.25, 0.3) is 27.0 Å². The van der Waals surface area contributed by atoms with E-state index in [1.165, 1.54) is 19.1 Å². The molecule has 5 rings (SSSR count). The number of nitrogens with one attached hydrogen (secondary N) is 1. The number of primary amides is 1. The van der Waals surface area contributed by atoms with Gasteiger partial charge in [-0.15, -0.1) is 11.3 Å². The number of amides is 2. The standard InChI is InChI=1S/C24H13ClF6N6O2S/c1-9-6-15(23(25,27)28)37-16(33-9)8-13(36-37)21(39)35-18-17-12(10-2-4-11(26)5-3-10)7-14(24(29,30)31)34-22(17)40-19(18)20(32)38/h2-8H,1H3,(H2,32,38)(H,35,39). The van der Waals surface area contributed by atoms with E-state index in [9.17, 15) is 35.9 Å². The first-order valence-electron chi connectivity index (χ1n) is 11.0. The first-order valence-corrected chi connectivity index (χ1v) is 12.2. The van der Waals surface area contributed by atoms with Crippen molar-refractivity contribution in [3.63, 3.8) is 0 Å². The Labute approximate surface area is 228 Å². The maximum atomic E-state index is 14.0. The maximum absolute atomic E-state index is 14.0. The fraction of sp³-hybridized carbons (Fsp3) is 0.125. The van der Waals surface area contributed by atoms with E-state index in [1.54, 1.807) is 0 Å². The van der Waals surface area contributed by atoms with Gasteiger partial charge in [0.05, 0.1) is 5.69 Å². The molecule has 0 bridgehead atoms. The molecule has 0 aliphatic carbocycles. The highest BCUT2D eigenvalue weighted by atomic mass is 35.5. The number of hydrogen-bond acceptors (Lipinski definition) is 6. The molecule has 8 nitrogen and oxygen atoms in total. The van der Waals surface area contributed by atoms with Crippen LogP contribution in [-0.2, 0) is 11.6 Å². The molecular weight excluding hydrogens is 586 g/mol. The summed E-state index contributed by atoms with van der Waals surface area (Å²) >= 11 is 5.68. The molecule has 2 amide bonds. The summed E-state index contributed by atoms with van der Waals surface area (Å²) < 4.78 is 83.1. The minimum absolute atomic E-state index is 0.0857. The van der Waals surface area contributed by atoms with Crippen LogP contribution in [0.15, 0.2) is 42.5 Å². The molecule has 0 saturated heterocycles. The van der Waals surface area contributed by atoms with Crippen LogP contribution in [0.5, 0.6) is 0 Å². The second-order valence-corrected chi connectivity index (χ2v) is 9.92. The number of pyridine rings is 1. The Morgan fingerprint density at radius 2 is 1.73 bits per heavy atom. The van der Waals surface area contributed by atoms with Crippen LogP contribution in [0.3, 0.4) is 0 Å². The van der Waals surface area contributed by atoms with E-state index in [1.807, 2.05) is 0 Å². The van der Waals surface area contributed by atoms with E-state index in [0.29, 0.717) is 21.9 Å². The lowest BCUT2D eigenvalue weighted by Crippen LogP contribution is -2.18. The Morgan fingerprint density at radius 1 is 1.05 bits per heavy atom. The molecule has 0 radical (unpaired) electrons. The molecule has 0 fully saturated rings. The predicted molar refractivity (Wildman–Crippen MR) is 134 cm³/mol. The number of hydrogen-bond donors (Lipinski definition) is 2. The number of alkyl halides is 6. The van der Waals surface area contributed by atoms with Gasteiger partial charge in [0, 0.05) is 17.1 Å². The quantitative estimate of drug-likeness (QED) is 0.187. The van der Waals surface area contributed by atoms with Crippen molar-refractivity contribution in [3.8, 4) is 11.1 Å². The Hall–Kier alpha value is -4.24. The largest absolute Gasteiger partial charge is 0.433 e. The van der Waals surface area contributed by atoms with Gasteiger partial charge >= 0.3 is 11.6 Å². The second kappa shape index (κ2) is 9.45. The number of benzene rings is 1. The molecule has 0 saturated carbocycles. The van der Waals surface area contributed by atoms with E-state index in [-0.39, 0.29) is 43.2 Å². The van der Waals surface area contributed by atoms with Crippen molar-refractivity contribution >= 4 is 56.3 Å². The highest BCUT2D eigenvalue weighted by molar-refractivity contribution is 7.21. The third-order valence-corrected chi connectivity index (χ3v) is 6.94. The molecule has 0 atom stereocenters. The summed E-state index contributed by atoms with van der Waals surface area (Å²) in [5, 5.41) is 2.30. The van der Waals surface area contributed by atoms with Gasteiger partial charge in [0.25, 0.3) is 11.8 Å². The normalized spacial score (nSPS) is 12.3. The fourth-order valence-electron chi connectivity index (χ4n) is 3.98. The number of thiophene rings is 1. The summed E-state index contributed by atoms with van der Waals surface area (Å²) in [7, 11) is 0. The smallest absolute Gasteiger partial charge is 0.365 e. The van der Waals surface area contributed by atoms with Crippen LogP contribution in [-0.4, -0.2) is 31.4 Å². The topological polar surface area (TPSA) is 115 Å². The van der Waals surface area contributed by atoms with Crippen molar-refractivity contribution in [3.05, 3.63) is 75.9 Å². The van der Waals surface area contributed by atoms with Gasteiger partial charge < -0.3 is 11.1 Å². The number of carbonyl (C=O) groups excluding carboxylic acids is 2. The molecule has 3 N–H and O–H groups in total. The molecule has 4 aromatic heterocycles. The zero-order valence-electron chi connectivity index (χ0n) is 19.8. The molecular formula is C24H13ClF6N6O2S. The molecule has 0 aliphatic rings. The SMILES string of the molecule is Cc1cc(C(F)(F)Cl)n2nc(C(=O)Nc3c(C(N)=O)sc4nc(C(F)(F)F)cc(-c5ccc(F)cc5)c34)cc2n1. The van der Waals surface area contributed by atoms with Gasteiger partial charge in [0.2, 0.25) is 0 Å². The third-order valence-electron chi connectivity index (χ3n) is 5.65. The lowest BCUT2D eigenvalue weighted by atomic mass is 10.0. The second-order valence-electron chi connectivity index (χ2n) is 8.44. The summed E-state index contributed by atoms with van der Waals surface area (Å²) in [6.45, 7) is 1.43. The molecule has 5 aromatic rings. The Kier molecular flexibility index (Phi) is 6.45. The summed E-state index contributed by atoms with van der Waals surface area (Å²) in [4.78, 5) is 32.5. The summed E-state index contributed by atoms with van der Waals surface area (Å²) in [5.41, 5.74) is 2.67. The van der Waals surface area contributed by atoms with E-state index < -0.39 is 46.3 Å². The molecule has 40 heavy (non-hydrogen) atoms. The number of halogens is 7. The molecule has 1 aromatic carbocycles. The minimum atomic E-state index is -4.88. The number of rotatable bonds is 5. The van der Waals surface area contributed by atoms with Crippen molar-refractivity contribution in [2.45, 2.75) is 18.5 Å². The zero-order valence-corrected chi connectivity index (χ0v) is 21.4. The average Bonchev–Trinajstić information content (AvgIpc) is 3.44. The van der Waals surface area contributed by atoms with Crippen molar-refractivity contribution in [1.82, 2.24) is 19.6 Å². The Morgan fingerprint density at radius 3 is 2.33 bits per heavy atom. The van der Waals surface area contributed by atoms with Gasteiger partial charge in [-0.1, -0.05) is 12.1 Å². The van der Waals surface area contributed by atoms with Gasteiger partial charge in [0.1, 0.15) is 26.9 Å². The van der Waals surface area contributed by atoms with Crippen molar-refractivity contribution in [1.29, 1.82) is 0 Å². The first kappa shape index (κ1) is 27.3. The number of fused-ring (bicyclic) bond motifs is 2. The van der Waals surface area contributed by atoms with Crippen LogP contribution >= 0.6 is 22.9 Å². The van der Waals surface area contributed by atoms with Crippen LogP contribution in [0, 0.1) is 12.7 Å². The summed E-state index contributed by atoms with van der Waals surface area (Å²) in [5.74, 6) is -2.77. The van der Waals surface area contributed by atoms with E-state index >= 15 is 0 Å². The highest BCUT2D eigenvalue weighted by Crippen LogP contribution is 2.44. The monoisotopic (exact) mass is 598 g/mol. The van der Waals surface area contributed by atoms with Crippen LogP contribution in [0.2, 0.25) is 0 Å². The van der Waals surface area contributed by atoms with Crippen molar-refractivity contribution in [2.24, 2.45) is 5.73 Å². The summed E-state index contributed by atoms with van der Waals surface area (Å²) in [6, 6.07) is 7.20. The predicted octanol–water partition coefficient (Wildman–Crippen LogP) is 6.11. The number of aromatic nitrogens is 4. The lowest BCUT2D eigenvalue weighted by Gasteiger charge is -2.12. The van der Waals surface area contributed by atoms with Crippen LogP contribution < -0.4 is 11.1 Å². The van der Waals surface area contributed by atoms with Crippen LogP contribution in [0.1, 0.15) is 37.2 Å². The zero-order chi connectivity index (χ0) is 29.1. The molecule has 206 valence electrons. The van der Waals surface area contributed by atoms with Gasteiger partial charge in [-0.2, -0.15) is 27.1 Å². The van der Waals surface area contributed by atoms with Crippen LogP contribution in [0.4, 0.5) is 32.0 Å². The number of aryl methyl sites for hydroxylation is 1. The minimum Gasteiger partial charge on any atom is -0.365 e. The van der Waals surface area contributed by atoms with E-state index in [0.717, 1.165) is 24.3 Å². The third kappa shape index (κ3) is 4.93. The maximum Gasteiger partial charge on any atom is 0.433 e. The van der Waals surface area contributed by atoms with Gasteiger partial charge in [0.15, 0.2) is 11.3 Å². The number of nitrogens with zero attached hydrogens (tertiary/aromatic N) is 4. The number of nitrogens with two attached hydrogens (primary N) is 1. The highest BCUT2D eigenvalue weighted by Gasteiger charge is 2.36. The van der Waals surface area contributed by atoms with Gasteiger partial charge in [-0.3, -0.25) is 9.59 Å². The fourth-order valence-corrected chi connectivity index (χ4v) is 5.13. The number of carbonyl (C=O) groups is 2. The van der Waals surface area contributed by atoms with Crippen molar-refractivity contribution in [2.75, 3.05) is 5.32 Å². The Bertz CT molecular complexity index is 1830. The van der Waals surface area contributed by atoms with E-state index in [4.69, 9.17) is 17.3 Å². The van der Waals surface area contributed by atoms with E-state index in [2.05, 4.69) is 20.4 Å². The lowest BCUT2D eigenvalue weighted by molar-refractivity contribution is -0.140. The number of anilines is 1.